The van der Waals surface area contributed by atoms with Crippen molar-refractivity contribution >= 4 is 63.0 Å². The number of nitrogens with zero attached hydrogens (tertiary/aromatic N) is 1. The maximum atomic E-state index is 13.0. The van der Waals surface area contributed by atoms with Crippen molar-refractivity contribution < 1.29 is 37.0 Å². The summed E-state index contributed by atoms with van der Waals surface area (Å²) in [6, 6.07) is 21.0. The number of amides is 3. The molecule has 1 fully saturated rings. The molecule has 43 heavy (non-hydrogen) atoms. The van der Waals surface area contributed by atoms with Crippen molar-refractivity contribution in [1.82, 2.24) is 4.90 Å². The van der Waals surface area contributed by atoms with Crippen LogP contribution in [0.3, 0.4) is 0 Å². The van der Waals surface area contributed by atoms with Gasteiger partial charge in [0.15, 0.2) is 11.5 Å². The van der Waals surface area contributed by atoms with Crippen LogP contribution in [0.4, 0.5) is 23.7 Å². The second kappa shape index (κ2) is 12.4. The Balaban J connectivity index is 1.29. The van der Waals surface area contributed by atoms with Crippen LogP contribution in [0.2, 0.25) is 5.02 Å². The van der Waals surface area contributed by atoms with E-state index < -0.39 is 35.3 Å². The second-order valence-electron chi connectivity index (χ2n) is 9.36. The van der Waals surface area contributed by atoms with E-state index in [4.69, 9.17) is 21.1 Å². The molecule has 220 valence electrons. The van der Waals surface area contributed by atoms with Gasteiger partial charge in [0, 0.05) is 5.69 Å². The van der Waals surface area contributed by atoms with Crippen molar-refractivity contribution in [2.24, 2.45) is 0 Å². The highest BCUT2D eigenvalue weighted by molar-refractivity contribution is 8.18. The fourth-order valence-corrected chi connectivity index (χ4v) is 5.55. The van der Waals surface area contributed by atoms with Crippen LogP contribution in [0.25, 0.3) is 16.8 Å². The summed E-state index contributed by atoms with van der Waals surface area (Å²) >= 11 is 7.15. The Morgan fingerprint density at radius 3 is 2.53 bits per heavy atom. The van der Waals surface area contributed by atoms with Gasteiger partial charge >= 0.3 is 6.18 Å². The lowest BCUT2D eigenvalue weighted by molar-refractivity contribution is -0.137. The van der Waals surface area contributed by atoms with Crippen LogP contribution in [0, 0.1) is 0 Å². The zero-order chi connectivity index (χ0) is 30.7. The van der Waals surface area contributed by atoms with E-state index in [1.54, 1.807) is 12.1 Å². The molecule has 4 aromatic carbocycles. The number of rotatable bonds is 8. The first kappa shape index (κ1) is 30.0. The number of alkyl halides is 3. The molecule has 1 aliphatic heterocycles. The highest BCUT2D eigenvalue weighted by atomic mass is 35.5. The van der Waals surface area contributed by atoms with Crippen LogP contribution in [-0.2, 0) is 22.4 Å². The minimum absolute atomic E-state index is 0.0272. The highest BCUT2D eigenvalue weighted by Gasteiger charge is 2.36. The zero-order valence-electron chi connectivity index (χ0n) is 22.4. The summed E-state index contributed by atoms with van der Waals surface area (Å²) in [6.07, 6.45) is -3.16. The first-order valence-electron chi connectivity index (χ1n) is 12.7. The van der Waals surface area contributed by atoms with Gasteiger partial charge in [-0.15, -0.1) is 0 Å². The number of anilines is 1. The first-order valence-corrected chi connectivity index (χ1v) is 13.9. The number of carbonyl (C=O) groups is 3. The van der Waals surface area contributed by atoms with E-state index in [1.165, 1.54) is 19.3 Å². The molecule has 5 rings (SSSR count). The molecule has 0 spiro atoms. The predicted molar refractivity (Wildman–Crippen MR) is 159 cm³/mol. The first-order chi connectivity index (χ1) is 20.5. The van der Waals surface area contributed by atoms with Gasteiger partial charge in [-0.1, -0.05) is 60.1 Å². The van der Waals surface area contributed by atoms with Gasteiger partial charge in [0.1, 0.15) is 13.2 Å². The maximum absolute atomic E-state index is 13.0. The minimum atomic E-state index is -4.59. The summed E-state index contributed by atoms with van der Waals surface area (Å²) in [5.74, 6) is -0.965. The van der Waals surface area contributed by atoms with E-state index in [-0.39, 0.29) is 22.2 Å². The molecule has 0 aromatic heterocycles. The van der Waals surface area contributed by atoms with Gasteiger partial charge in [0.2, 0.25) is 5.91 Å². The lowest BCUT2D eigenvalue weighted by atomic mass is 10.1. The van der Waals surface area contributed by atoms with Gasteiger partial charge in [-0.2, -0.15) is 13.2 Å². The number of nitrogens with one attached hydrogen (secondary N) is 1. The standard InChI is InChI=1S/C31H22ClF3N2O5S/c1-41-25-13-18(12-24(32)28(25)42-17-20-8-4-7-19-6-2-3-11-23(19)20)14-26-29(39)37(30(40)43-26)16-27(38)36-22-10-5-9-21(15-22)31(33,34)35/h2-15H,16-17H2,1H3,(H,36,38)/b26-14-. The average Bonchev–Trinajstić information content (AvgIpc) is 3.23. The van der Waals surface area contributed by atoms with Crippen molar-refractivity contribution in [3.8, 4) is 11.5 Å². The molecule has 1 N–H and O–H groups in total. The molecular formula is C31H22ClF3N2O5S. The number of ether oxygens (including phenoxy) is 2. The van der Waals surface area contributed by atoms with E-state index in [0.29, 0.717) is 33.7 Å². The van der Waals surface area contributed by atoms with E-state index in [2.05, 4.69) is 5.32 Å². The summed E-state index contributed by atoms with van der Waals surface area (Å²) in [4.78, 5) is 38.7. The summed E-state index contributed by atoms with van der Waals surface area (Å²) in [6.45, 7) is -0.457. The number of hydrogen-bond acceptors (Lipinski definition) is 6. The molecule has 1 heterocycles. The molecule has 0 saturated carbocycles. The molecule has 0 bridgehead atoms. The molecular weight excluding hydrogens is 605 g/mol. The van der Waals surface area contributed by atoms with Crippen LogP contribution in [0.1, 0.15) is 16.7 Å². The molecule has 4 aromatic rings. The highest BCUT2D eigenvalue weighted by Crippen LogP contribution is 2.40. The maximum Gasteiger partial charge on any atom is 0.416 e. The lowest BCUT2D eigenvalue weighted by Crippen LogP contribution is -2.36. The van der Waals surface area contributed by atoms with Crippen LogP contribution in [-0.4, -0.2) is 35.6 Å². The van der Waals surface area contributed by atoms with Gasteiger partial charge in [0.05, 0.1) is 22.6 Å². The Bertz CT molecular complexity index is 1770. The predicted octanol–water partition coefficient (Wildman–Crippen LogP) is 7.77. The van der Waals surface area contributed by atoms with Gasteiger partial charge in [0.25, 0.3) is 11.1 Å². The minimum Gasteiger partial charge on any atom is -0.493 e. The van der Waals surface area contributed by atoms with Crippen LogP contribution >= 0.6 is 23.4 Å². The molecule has 12 heteroatoms. The van der Waals surface area contributed by atoms with Crippen LogP contribution in [0.15, 0.2) is 83.8 Å². The average molecular weight is 627 g/mol. The number of halogens is 4. The number of carbonyl (C=O) groups excluding carboxylic acids is 3. The molecule has 3 amide bonds. The third-order valence-corrected chi connectivity index (χ3v) is 7.64. The van der Waals surface area contributed by atoms with Crippen molar-refractivity contribution in [3.05, 3.63) is 105 Å². The number of benzene rings is 4. The number of hydrogen-bond donors (Lipinski definition) is 1. The van der Waals surface area contributed by atoms with Gasteiger partial charge < -0.3 is 14.8 Å². The van der Waals surface area contributed by atoms with E-state index in [0.717, 1.165) is 34.5 Å². The Morgan fingerprint density at radius 2 is 1.77 bits per heavy atom. The fraction of sp³-hybridized carbons (Fsp3) is 0.129. The summed E-state index contributed by atoms with van der Waals surface area (Å²) in [7, 11) is 1.44. The molecule has 0 atom stereocenters. The van der Waals surface area contributed by atoms with Crippen LogP contribution in [0.5, 0.6) is 11.5 Å². The monoisotopic (exact) mass is 626 g/mol. The van der Waals surface area contributed by atoms with E-state index >= 15 is 0 Å². The molecule has 1 saturated heterocycles. The van der Waals surface area contributed by atoms with Crippen molar-refractivity contribution in [1.29, 1.82) is 0 Å². The third kappa shape index (κ3) is 6.79. The van der Waals surface area contributed by atoms with Gasteiger partial charge in [-0.05, 0) is 70.1 Å². The normalized spacial score (nSPS) is 14.4. The van der Waals surface area contributed by atoms with Gasteiger partial charge in [-0.3, -0.25) is 19.3 Å². The smallest absolute Gasteiger partial charge is 0.416 e. The largest absolute Gasteiger partial charge is 0.493 e. The summed E-state index contributed by atoms with van der Waals surface area (Å²) < 4.78 is 50.4. The SMILES string of the molecule is COc1cc(/C=C2\SC(=O)N(CC(=O)Nc3cccc(C(F)(F)F)c3)C2=O)cc(Cl)c1OCc1cccc2ccccc12. The molecule has 0 aliphatic carbocycles. The molecule has 7 nitrogen and oxygen atoms in total. The lowest BCUT2D eigenvalue weighted by Gasteiger charge is -2.15. The molecule has 0 radical (unpaired) electrons. The number of methoxy groups -OCH3 is 1. The fourth-order valence-electron chi connectivity index (χ4n) is 4.44. The van der Waals surface area contributed by atoms with Crippen molar-refractivity contribution in [3.63, 3.8) is 0 Å². The Kier molecular flexibility index (Phi) is 8.65. The zero-order valence-corrected chi connectivity index (χ0v) is 24.0. The second-order valence-corrected chi connectivity index (χ2v) is 10.8. The third-order valence-electron chi connectivity index (χ3n) is 6.45. The van der Waals surface area contributed by atoms with E-state index in [1.807, 2.05) is 42.5 Å². The quantitative estimate of drug-likeness (QED) is 0.201. The number of thioether (sulfide) groups is 1. The van der Waals surface area contributed by atoms with Gasteiger partial charge in [-0.25, -0.2) is 0 Å². The number of fused-ring (bicyclic) bond motifs is 1. The summed E-state index contributed by atoms with van der Waals surface area (Å²) in [5.41, 5.74) is 0.328. The summed E-state index contributed by atoms with van der Waals surface area (Å²) in [5, 5.41) is 3.90. The number of imide groups is 1. The Morgan fingerprint density at radius 1 is 1.02 bits per heavy atom. The van der Waals surface area contributed by atoms with Crippen molar-refractivity contribution in [2.75, 3.05) is 19.0 Å². The van der Waals surface area contributed by atoms with E-state index in [9.17, 15) is 27.6 Å². The molecule has 1 aliphatic rings. The molecule has 0 unspecified atom stereocenters. The Hall–Kier alpha value is -4.48. The van der Waals surface area contributed by atoms with Crippen molar-refractivity contribution in [2.45, 2.75) is 12.8 Å². The topological polar surface area (TPSA) is 84.9 Å². The Labute approximate surface area is 253 Å². The van der Waals surface area contributed by atoms with Crippen LogP contribution < -0.4 is 14.8 Å².